The molecule has 0 bridgehead atoms. The topological polar surface area (TPSA) is 127 Å². The third-order valence-electron chi connectivity index (χ3n) is 6.08. The summed E-state index contributed by atoms with van der Waals surface area (Å²) in [5.41, 5.74) is -2.16. The minimum atomic E-state index is -5.17. The number of carbonyl (C=O) groups is 3. The molecule has 40 heavy (non-hydrogen) atoms. The molecule has 1 aromatic rings. The zero-order valence-electron chi connectivity index (χ0n) is 20.7. The van der Waals surface area contributed by atoms with E-state index in [1.807, 2.05) is 0 Å². The van der Waals surface area contributed by atoms with Crippen LogP contribution in [0.15, 0.2) is 36.5 Å². The first kappa shape index (κ1) is 30.6. The van der Waals surface area contributed by atoms with Crippen molar-refractivity contribution in [2.75, 3.05) is 19.8 Å². The maximum atomic E-state index is 16.1. The van der Waals surface area contributed by atoms with Gasteiger partial charge < -0.3 is 9.47 Å². The minimum absolute atomic E-state index is 0.0578. The molecule has 220 valence electrons. The predicted molar refractivity (Wildman–Crippen MR) is 125 cm³/mol. The summed E-state index contributed by atoms with van der Waals surface area (Å²) < 4.78 is 96.5. The molecule has 3 aliphatic heterocycles. The fraction of sp³-hybridized carbons (Fsp3) is 0.522. The van der Waals surface area contributed by atoms with Gasteiger partial charge in [-0.2, -0.15) is 0 Å². The molecule has 1 amide bonds. The Labute approximate surface area is 229 Å². The van der Waals surface area contributed by atoms with Crippen molar-refractivity contribution in [3.63, 3.8) is 0 Å². The molecular formula is C23H23ClF4NO10P. The Hall–Kier alpha value is -2.39. The monoisotopic (exact) mass is 615 g/mol. The highest BCUT2D eigenvalue weighted by molar-refractivity contribution is 7.48. The van der Waals surface area contributed by atoms with Gasteiger partial charge in [0.05, 0.1) is 25.7 Å². The summed E-state index contributed by atoms with van der Waals surface area (Å²) in [7, 11) is -4.31. The number of ketones is 1. The maximum Gasteiger partial charge on any atom is 0.523 e. The zero-order chi connectivity index (χ0) is 29.3. The third-order valence-corrected chi connectivity index (χ3v) is 7.79. The van der Waals surface area contributed by atoms with Crippen LogP contribution in [-0.4, -0.2) is 72.8 Å². The van der Waals surface area contributed by atoms with Crippen molar-refractivity contribution in [1.29, 1.82) is 0 Å². The van der Waals surface area contributed by atoms with Gasteiger partial charge >= 0.3 is 20.2 Å². The highest BCUT2D eigenvalue weighted by atomic mass is 35.5. The molecule has 0 radical (unpaired) electrons. The molecule has 3 aliphatic rings. The van der Waals surface area contributed by atoms with Gasteiger partial charge in [0.1, 0.15) is 6.10 Å². The quantitative estimate of drug-likeness (QED) is 0.182. The van der Waals surface area contributed by atoms with Gasteiger partial charge in [0.25, 0.3) is 0 Å². The number of alkyl halides is 4. The number of phosphoric ester groups is 1. The highest BCUT2D eigenvalue weighted by Gasteiger charge is 2.60. The number of carbonyl (C=O) groups excluding carboxylic acids is 3. The Morgan fingerprint density at radius 2 is 2.05 bits per heavy atom. The molecule has 0 saturated carbocycles. The van der Waals surface area contributed by atoms with Crippen molar-refractivity contribution in [2.24, 2.45) is 0 Å². The van der Waals surface area contributed by atoms with Crippen molar-refractivity contribution in [2.45, 2.75) is 56.3 Å². The summed E-state index contributed by atoms with van der Waals surface area (Å²) in [6.45, 7) is -1.57. The van der Waals surface area contributed by atoms with Crippen molar-refractivity contribution >= 4 is 37.1 Å². The first-order valence-electron chi connectivity index (χ1n) is 11.8. The smallest absolute Gasteiger partial charge is 0.454 e. The maximum absolute atomic E-state index is 16.1. The van der Waals surface area contributed by atoms with Crippen LogP contribution in [0.5, 0.6) is 0 Å². The summed E-state index contributed by atoms with van der Waals surface area (Å²) in [5, 5.41) is 0.401. The number of hydrogen-bond acceptors (Lipinski definition) is 10. The van der Waals surface area contributed by atoms with Gasteiger partial charge in [0.15, 0.2) is 30.4 Å². The van der Waals surface area contributed by atoms with Gasteiger partial charge in [-0.3, -0.25) is 32.8 Å². The van der Waals surface area contributed by atoms with Crippen molar-refractivity contribution in [3.8, 4) is 0 Å². The van der Waals surface area contributed by atoms with Crippen molar-refractivity contribution in [1.82, 2.24) is 4.90 Å². The Bertz CT molecular complexity index is 1230. The minimum Gasteiger partial charge on any atom is -0.454 e. The number of esters is 1. The number of nitrogens with zero attached hydrogens (tertiary/aromatic N) is 1. The lowest BCUT2D eigenvalue weighted by molar-refractivity contribution is -0.323. The zero-order valence-corrected chi connectivity index (χ0v) is 22.3. The van der Waals surface area contributed by atoms with Crippen LogP contribution in [0, 0.1) is 0 Å². The number of ether oxygens (including phenoxy) is 3. The van der Waals surface area contributed by atoms with Crippen LogP contribution >= 0.6 is 19.4 Å². The molecule has 0 aliphatic carbocycles. The van der Waals surface area contributed by atoms with Crippen molar-refractivity contribution in [3.05, 3.63) is 47.1 Å². The van der Waals surface area contributed by atoms with Crippen LogP contribution in [0.2, 0.25) is 5.02 Å². The summed E-state index contributed by atoms with van der Waals surface area (Å²) >= 11 is 6.01. The predicted octanol–water partition coefficient (Wildman–Crippen LogP) is 4.16. The van der Waals surface area contributed by atoms with E-state index in [0.717, 1.165) is 24.1 Å². The van der Waals surface area contributed by atoms with Crippen LogP contribution in [0.25, 0.3) is 0 Å². The van der Waals surface area contributed by atoms with E-state index in [4.69, 9.17) is 34.6 Å². The van der Waals surface area contributed by atoms with Crippen LogP contribution in [0.4, 0.5) is 17.6 Å². The van der Waals surface area contributed by atoms with Gasteiger partial charge in [-0.25, -0.2) is 13.8 Å². The number of halogens is 5. The molecule has 4 rings (SSSR count). The second-order valence-electron chi connectivity index (χ2n) is 9.10. The Morgan fingerprint density at radius 1 is 1.30 bits per heavy atom. The molecule has 1 aromatic carbocycles. The number of hydrogen-bond donors (Lipinski definition) is 0. The molecular weight excluding hydrogens is 593 g/mol. The van der Waals surface area contributed by atoms with Crippen LogP contribution in [0.3, 0.4) is 0 Å². The lowest BCUT2D eigenvalue weighted by Gasteiger charge is -2.33. The largest absolute Gasteiger partial charge is 0.523 e. The van der Waals surface area contributed by atoms with E-state index < -0.39 is 81.7 Å². The first-order valence-corrected chi connectivity index (χ1v) is 13.6. The van der Waals surface area contributed by atoms with E-state index in [2.05, 4.69) is 4.74 Å². The first-order chi connectivity index (χ1) is 18.7. The van der Waals surface area contributed by atoms with Gasteiger partial charge in [-0.1, -0.05) is 23.7 Å². The fourth-order valence-electron chi connectivity index (χ4n) is 4.28. The van der Waals surface area contributed by atoms with Crippen LogP contribution < -0.4 is 0 Å². The molecule has 0 spiro atoms. The van der Waals surface area contributed by atoms with E-state index in [1.165, 1.54) is 0 Å². The molecule has 17 heteroatoms. The van der Waals surface area contributed by atoms with Crippen LogP contribution in [-0.2, 0) is 46.7 Å². The van der Waals surface area contributed by atoms with E-state index in [1.54, 1.807) is 24.3 Å². The molecule has 6 atom stereocenters. The SMILES string of the molecule is C[C@@]1(F)[C@H](OC(=O)COC(F)(F)F)[C@@H](CO[P@@]2(=O)OCC[C@@H](c3cccc(Cl)c3)O2)O[C@H]1N1C=CC(=O)CC1=O. The van der Waals surface area contributed by atoms with Crippen molar-refractivity contribution < 1.29 is 64.3 Å². The lowest BCUT2D eigenvalue weighted by Crippen LogP contribution is -2.52. The summed E-state index contributed by atoms with van der Waals surface area (Å²) in [5.74, 6) is -3.00. The fourth-order valence-corrected chi connectivity index (χ4v) is 5.87. The number of amides is 1. The normalized spacial score (nSPS) is 32.9. The summed E-state index contributed by atoms with van der Waals surface area (Å²) in [4.78, 5) is 36.8. The average molecular weight is 616 g/mol. The third kappa shape index (κ3) is 7.27. The number of phosphoric acid groups is 1. The molecule has 0 aromatic heterocycles. The van der Waals surface area contributed by atoms with Crippen LogP contribution in [0.1, 0.15) is 31.4 Å². The van der Waals surface area contributed by atoms with E-state index in [0.29, 0.717) is 17.0 Å². The van der Waals surface area contributed by atoms with Gasteiger partial charge in [-0.05, 0) is 30.7 Å². The molecule has 2 saturated heterocycles. The number of allylic oxidation sites excluding steroid dienone is 1. The second-order valence-corrected chi connectivity index (χ2v) is 11.2. The average Bonchev–Trinajstić information content (AvgIpc) is 3.10. The summed E-state index contributed by atoms with van der Waals surface area (Å²) in [6, 6.07) is 6.55. The summed E-state index contributed by atoms with van der Waals surface area (Å²) in [6.07, 6.45) is -9.63. The van der Waals surface area contributed by atoms with E-state index in [-0.39, 0.29) is 6.61 Å². The number of rotatable bonds is 8. The van der Waals surface area contributed by atoms with Gasteiger partial charge in [0.2, 0.25) is 5.91 Å². The molecule has 0 N–H and O–H groups in total. The lowest BCUT2D eigenvalue weighted by atomic mass is 9.97. The molecule has 3 heterocycles. The second kappa shape index (κ2) is 11.8. The van der Waals surface area contributed by atoms with E-state index in [9.17, 15) is 32.1 Å². The number of benzene rings is 1. The molecule has 11 nitrogen and oxygen atoms in total. The Kier molecular flexibility index (Phi) is 9.05. The highest BCUT2D eigenvalue weighted by Crippen LogP contribution is 2.57. The standard InChI is InChI=1S/C23H23ClF4NO10P/c1-22(25)20(38-19(32)12-34-23(26,27)28)17(37-21(22)29-7-5-15(30)10-18(29)31)11-36-40(33)35-8-6-16(39-40)13-3-2-4-14(24)9-13/h2-5,7,9,16-17,20-21H,6,8,10-12H2,1H3/t16-,17+,20+,21+,22+,40+/m0/s1. The molecule has 0 unspecified atom stereocenters. The van der Waals surface area contributed by atoms with Gasteiger partial charge in [0, 0.05) is 17.6 Å². The van der Waals surface area contributed by atoms with Gasteiger partial charge in [-0.15, -0.1) is 13.2 Å². The van der Waals surface area contributed by atoms with E-state index >= 15 is 4.39 Å². The molecule has 2 fully saturated rings. The Morgan fingerprint density at radius 3 is 2.73 bits per heavy atom. The Balaban J connectivity index is 1.51.